The zero-order valence-corrected chi connectivity index (χ0v) is 13.0. The molecular weight excluding hydrogens is 261 g/mol. The standard InChI is InChI=1S/C19H22FN/c1-12-8-13(2)17(14(3)9-12)11-19(21)7-6-15-10-16(20)4-5-18(15)19/h4-5,8-10H,6-7,11,21H2,1-3H3. The summed E-state index contributed by atoms with van der Waals surface area (Å²) in [4.78, 5) is 0. The van der Waals surface area contributed by atoms with Crippen LogP contribution in [0.1, 0.15) is 39.8 Å². The molecule has 0 aliphatic heterocycles. The SMILES string of the molecule is Cc1cc(C)c(CC2(N)CCc3cc(F)ccc32)c(C)c1. The van der Waals surface area contributed by atoms with Gasteiger partial charge in [0.05, 0.1) is 0 Å². The zero-order chi connectivity index (χ0) is 15.2. The summed E-state index contributed by atoms with van der Waals surface area (Å²) in [5, 5.41) is 0. The zero-order valence-electron chi connectivity index (χ0n) is 13.0. The van der Waals surface area contributed by atoms with Crippen LogP contribution in [0.15, 0.2) is 30.3 Å². The molecule has 1 aliphatic carbocycles. The van der Waals surface area contributed by atoms with E-state index in [1.165, 1.54) is 28.3 Å². The van der Waals surface area contributed by atoms with Gasteiger partial charge in [-0.1, -0.05) is 23.8 Å². The minimum Gasteiger partial charge on any atom is -0.321 e. The lowest BCUT2D eigenvalue weighted by atomic mass is 9.83. The quantitative estimate of drug-likeness (QED) is 0.882. The Morgan fingerprint density at radius 1 is 1.10 bits per heavy atom. The fraction of sp³-hybridized carbons (Fsp3) is 0.368. The molecule has 1 unspecified atom stereocenters. The summed E-state index contributed by atoms with van der Waals surface area (Å²) in [6.07, 6.45) is 2.58. The Kier molecular flexibility index (Phi) is 3.37. The van der Waals surface area contributed by atoms with Crippen molar-refractivity contribution in [2.75, 3.05) is 0 Å². The van der Waals surface area contributed by atoms with Gasteiger partial charge in [-0.05, 0) is 80.0 Å². The Morgan fingerprint density at radius 3 is 2.43 bits per heavy atom. The second-order valence-electron chi connectivity index (χ2n) is 6.51. The average molecular weight is 283 g/mol. The normalized spacial score (nSPS) is 20.6. The van der Waals surface area contributed by atoms with Crippen LogP contribution in [0.5, 0.6) is 0 Å². The summed E-state index contributed by atoms with van der Waals surface area (Å²) in [6, 6.07) is 9.47. The van der Waals surface area contributed by atoms with Gasteiger partial charge in [0.15, 0.2) is 0 Å². The maximum atomic E-state index is 13.4. The number of rotatable bonds is 2. The number of aryl methyl sites for hydroxylation is 4. The average Bonchev–Trinajstić information content (AvgIpc) is 2.71. The monoisotopic (exact) mass is 283 g/mol. The number of halogens is 1. The molecule has 0 spiro atoms. The number of nitrogens with two attached hydrogens (primary N) is 1. The Labute approximate surface area is 126 Å². The van der Waals surface area contributed by atoms with E-state index in [1.54, 1.807) is 6.07 Å². The van der Waals surface area contributed by atoms with Gasteiger partial charge in [-0.15, -0.1) is 0 Å². The molecule has 0 amide bonds. The van der Waals surface area contributed by atoms with Crippen LogP contribution < -0.4 is 5.73 Å². The maximum Gasteiger partial charge on any atom is 0.123 e. The van der Waals surface area contributed by atoms with Crippen molar-refractivity contribution in [1.82, 2.24) is 0 Å². The van der Waals surface area contributed by atoms with E-state index in [9.17, 15) is 4.39 Å². The largest absolute Gasteiger partial charge is 0.321 e. The molecule has 0 saturated carbocycles. The summed E-state index contributed by atoms with van der Waals surface area (Å²) in [7, 11) is 0. The van der Waals surface area contributed by atoms with Crippen molar-refractivity contribution >= 4 is 0 Å². The van der Waals surface area contributed by atoms with Gasteiger partial charge in [0.25, 0.3) is 0 Å². The van der Waals surface area contributed by atoms with Gasteiger partial charge >= 0.3 is 0 Å². The molecule has 0 saturated heterocycles. The molecule has 110 valence electrons. The van der Waals surface area contributed by atoms with Gasteiger partial charge < -0.3 is 5.73 Å². The molecule has 0 bridgehead atoms. The van der Waals surface area contributed by atoms with Crippen LogP contribution in [0.25, 0.3) is 0 Å². The lowest BCUT2D eigenvalue weighted by Crippen LogP contribution is -2.37. The summed E-state index contributed by atoms with van der Waals surface area (Å²) in [5.74, 6) is -0.166. The number of benzene rings is 2. The van der Waals surface area contributed by atoms with Crippen molar-refractivity contribution in [3.63, 3.8) is 0 Å². The Bertz CT molecular complexity index is 682. The van der Waals surface area contributed by atoms with Crippen LogP contribution in [0.2, 0.25) is 0 Å². The number of hydrogen-bond acceptors (Lipinski definition) is 1. The molecule has 0 aromatic heterocycles. The molecule has 0 radical (unpaired) electrons. The van der Waals surface area contributed by atoms with E-state index < -0.39 is 0 Å². The van der Waals surface area contributed by atoms with Gasteiger partial charge in [-0.25, -0.2) is 4.39 Å². The second kappa shape index (κ2) is 4.96. The first-order valence-corrected chi connectivity index (χ1v) is 7.53. The van der Waals surface area contributed by atoms with Crippen LogP contribution >= 0.6 is 0 Å². The topological polar surface area (TPSA) is 26.0 Å². The van der Waals surface area contributed by atoms with Crippen LogP contribution in [0, 0.1) is 26.6 Å². The molecule has 21 heavy (non-hydrogen) atoms. The van der Waals surface area contributed by atoms with Crippen molar-refractivity contribution in [3.8, 4) is 0 Å². The molecule has 3 rings (SSSR count). The van der Waals surface area contributed by atoms with Gasteiger partial charge in [0, 0.05) is 5.54 Å². The predicted molar refractivity (Wildman–Crippen MR) is 84.9 cm³/mol. The number of hydrogen-bond donors (Lipinski definition) is 1. The highest BCUT2D eigenvalue weighted by molar-refractivity contribution is 5.44. The Hall–Kier alpha value is -1.67. The van der Waals surface area contributed by atoms with E-state index >= 15 is 0 Å². The van der Waals surface area contributed by atoms with E-state index in [0.29, 0.717) is 0 Å². The molecule has 0 heterocycles. The molecule has 1 atom stereocenters. The second-order valence-corrected chi connectivity index (χ2v) is 6.51. The molecule has 0 fully saturated rings. The van der Waals surface area contributed by atoms with E-state index in [2.05, 4.69) is 32.9 Å². The molecule has 1 nitrogen and oxygen atoms in total. The summed E-state index contributed by atoms with van der Waals surface area (Å²) in [5.41, 5.74) is 13.7. The third-order valence-electron chi connectivity index (χ3n) is 4.78. The highest BCUT2D eigenvalue weighted by atomic mass is 19.1. The fourth-order valence-electron chi connectivity index (χ4n) is 3.74. The summed E-state index contributed by atoms with van der Waals surface area (Å²) >= 11 is 0. The third-order valence-corrected chi connectivity index (χ3v) is 4.78. The van der Waals surface area contributed by atoms with E-state index in [4.69, 9.17) is 5.73 Å². The van der Waals surface area contributed by atoms with Crippen molar-refractivity contribution < 1.29 is 4.39 Å². The molecule has 2 aromatic rings. The molecule has 1 aliphatic rings. The third kappa shape index (κ3) is 2.49. The van der Waals surface area contributed by atoms with Crippen LogP contribution in [0.4, 0.5) is 4.39 Å². The first kappa shape index (κ1) is 14.3. The van der Waals surface area contributed by atoms with Gasteiger partial charge in [0.1, 0.15) is 5.82 Å². The summed E-state index contributed by atoms with van der Waals surface area (Å²) < 4.78 is 13.4. The number of fused-ring (bicyclic) bond motifs is 1. The molecule has 2 aromatic carbocycles. The Morgan fingerprint density at radius 2 is 1.76 bits per heavy atom. The molecule has 2 N–H and O–H groups in total. The van der Waals surface area contributed by atoms with E-state index in [0.717, 1.165) is 30.4 Å². The minimum absolute atomic E-state index is 0.166. The Balaban J connectivity index is 2.00. The molecule has 2 heteroatoms. The molecular formula is C19H22FN. The van der Waals surface area contributed by atoms with Crippen molar-refractivity contribution in [1.29, 1.82) is 0 Å². The summed E-state index contributed by atoms with van der Waals surface area (Å²) in [6.45, 7) is 6.42. The van der Waals surface area contributed by atoms with Crippen molar-refractivity contribution in [3.05, 3.63) is 69.5 Å². The highest BCUT2D eigenvalue weighted by Crippen LogP contribution is 2.38. The predicted octanol–water partition coefficient (Wildman–Crippen LogP) is 4.09. The lowest BCUT2D eigenvalue weighted by Gasteiger charge is -2.27. The van der Waals surface area contributed by atoms with Gasteiger partial charge in [-0.2, -0.15) is 0 Å². The lowest BCUT2D eigenvalue weighted by molar-refractivity contribution is 0.437. The van der Waals surface area contributed by atoms with E-state index in [1.807, 2.05) is 6.07 Å². The van der Waals surface area contributed by atoms with Crippen LogP contribution in [-0.2, 0) is 18.4 Å². The first-order valence-electron chi connectivity index (χ1n) is 7.53. The highest BCUT2D eigenvalue weighted by Gasteiger charge is 2.35. The van der Waals surface area contributed by atoms with Gasteiger partial charge in [0.2, 0.25) is 0 Å². The van der Waals surface area contributed by atoms with E-state index in [-0.39, 0.29) is 11.4 Å². The van der Waals surface area contributed by atoms with Gasteiger partial charge in [-0.3, -0.25) is 0 Å². The smallest absolute Gasteiger partial charge is 0.123 e. The van der Waals surface area contributed by atoms with Crippen molar-refractivity contribution in [2.24, 2.45) is 5.73 Å². The minimum atomic E-state index is -0.367. The maximum absolute atomic E-state index is 13.4. The fourth-order valence-corrected chi connectivity index (χ4v) is 3.74. The van der Waals surface area contributed by atoms with Crippen LogP contribution in [-0.4, -0.2) is 0 Å². The van der Waals surface area contributed by atoms with Crippen LogP contribution in [0.3, 0.4) is 0 Å². The van der Waals surface area contributed by atoms with Crippen molar-refractivity contribution in [2.45, 2.75) is 45.6 Å². The first-order chi connectivity index (χ1) is 9.89.